The highest BCUT2D eigenvalue weighted by Gasteiger charge is 2.37. The molecule has 0 aromatic rings. The second-order valence-corrected chi connectivity index (χ2v) is 6.39. The first-order valence-corrected chi connectivity index (χ1v) is 6.82. The summed E-state index contributed by atoms with van der Waals surface area (Å²) in [6, 6.07) is 0.0396. The molecule has 2 atom stereocenters. The van der Waals surface area contributed by atoms with Crippen LogP contribution in [0.5, 0.6) is 0 Å². The Morgan fingerprint density at radius 3 is 2.71 bits per heavy atom. The fourth-order valence-electron chi connectivity index (χ4n) is 2.68. The van der Waals surface area contributed by atoms with Crippen LogP contribution in [0.1, 0.15) is 52.9 Å². The maximum absolute atomic E-state index is 12.2. The first-order chi connectivity index (χ1) is 7.83. The maximum Gasteiger partial charge on any atom is 0.223 e. The number of amides is 1. The maximum atomic E-state index is 12.2. The van der Waals surface area contributed by atoms with Crippen molar-refractivity contribution in [3.05, 3.63) is 0 Å². The zero-order chi connectivity index (χ0) is 13.1. The quantitative estimate of drug-likeness (QED) is 0.759. The molecular weight excluding hydrogens is 232 g/mol. The molecule has 3 nitrogen and oxygen atoms in total. The Bertz CT molecular complexity index is 302. The van der Waals surface area contributed by atoms with Gasteiger partial charge >= 0.3 is 0 Å². The van der Waals surface area contributed by atoms with Gasteiger partial charge in [-0.25, -0.2) is 0 Å². The van der Waals surface area contributed by atoms with E-state index in [2.05, 4.69) is 19.2 Å². The third-order valence-corrected chi connectivity index (χ3v) is 3.89. The number of hydrogen-bond donors (Lipinski definition) is 2. The van der Waals surface area contributed by atoms with E-state index in [-0.39, 0.29) is 23.3 Å². The smallest absolute Gasteiger partial charge is 0.223 e. The highest BCUT2D eigenvalue weighted by molar-refractivity contribution is 7.80. The lowest BCUT2D eigenvalue weighted by molar-refractivity contribution is -0.130. The fourth-order valence-corrected chi connectivity index (χ4v) is 2.93. The minimum atomic E-state index is 0.0396. The average Bonchev–Trinajstić information content (AvgIpc) is 2.14. The number of carbonyl (C=O) groups excluding carboxylic acids is 1. The summed E-state index contributed by atoms with van der Waals surface area (Å²) in [7, 11) is 0. The Morgan fingerprint density at radius 1 is 1.53 bits per heavy atom. The van der Waals surface area contributed by atoms with Gasteiger partial charge in [0.15, 0.2) is 0 Å². The molecular formula is C13H24N2OS. The summed E-state index contributed by atoms with van der Waals surface area (Å²) in [6.45, 7) is 6.33. The lowest BCUT2D eigenvalue weighted by Gasteiger charge is -2.38. The Kier molecular flexibility index (Phi) is 4.92. The zero-order valence-electron chi connectivity index (χ0n) is 11.1. The van der Waals surface area contributed by atoms with Crippen molar-refractivity contribution in [3.63, 3.8) is 0 Å². The SMILES string of the molecule is CC(CC(N)=S)NC(=O)C1CCCCC1(C)C. The average molecular weight is 256 g/mol. The molecule has 0 saturated heterocycles. The van der Waals surface area contributed by atoms with Gasteiger partial charge in [-0.15, -0.1) is 0 Å². The van der Waals surface area contributed by atoms with Crippen LogP contribution in [0.25, 0.3) is 0 Å². The molecule has 0 aromatic carbocycles. The minimum Gasteiger partial charge on any atom is -0.393 e. The molecule has 3 N–H and O–H groups in total. The van der Waals surface area contributed by atoms with Crippen LogP contribution in [0.15, 0.2) is 0 Å². The fraction of sp³-hybridized carbons (Fsp3) is 0.846. The van der Waals surface area contributed by atoms with E-state index < -0.39 is 0 Å². The standard InChI is InChI=1S/C13H24N2OS/c1-9(8-11(14)17)15-12(16)10-6-4-5-7-13(10,2)3/h9-10H,4-8H2,1-3H3,(H2,14,17)(H,15,16). The molecule has 1 aliphatic rings. The topological polar surface area (TPSA) is 55.1 Å². The van der Waals surface area contributed by atoms with Gasteiger partial charge in [0, 0.05) is 18.4 Å². The summed E-state index contributed by atoms with van der Waals surface area (Å²) in [5.74, 6) is 0.295. The number of carbonyl (C=O) groups is 1. The molecule has 1 saturated carbocycles. The minimum absolute atomic E-state index is 0.0396. The van der Waals surface area contributed by atoms with Gasteiger partial charge in [-0.05, 0) is 25.2 Å². The van der Waals surface area contributed by atoms with Gasteiger partial charge in [0.25, 0.3) is 0 Å². The Labute approximate surface area is 110 Å². The highest BCUT2D eigenvalue weighted by Crippen LogP contribution is 2.40. The molecule has 0 bridgehead atoms. The second-order valence-electron chi connectivity index (χ2n) is 5.87. The largest absolute Gasteiger partial charge is 0.393 e. The van der Waals surface area contributed by atoms with Crippen molar-refractivity contribution in [2.75, 3.05) is 0 Å². The van der Waals surface area contributed by atoms with Crippen molar-refractivity contribution in [1.82, 2.24) is 5.32 Å². The van der Waals surface area contributed by atoms with E-state index in [1.54, 1.807) is 0 Å². The lowest BCUT2D eigenvalue weighted by Crippen LogP contribution is -2.45. The van der Waals surface area contributed by atoms with Gasteiger partial charge in [-0.1, -0.05) is 38.9 Å². The molecule has 98 valence electrons. The summed E-state index contributed by atoms with van der Waals surface area (Å²) in [6.07, 6.45) is 5.10. The van der Waals surface area contributed by atoms with Crippen LogP contribution in [0.2, 0.25) is 0 Å². The summed E-state index contributed by atoms with van der Waals surface area (Å²) >= 11 is 4.85. The monoisotopic (exact) mass is 256 g/mol. The first kappa shape index (κ1) is 14.4. The van der Waals surface area contributed by atoms with Crippen LogP contribution in [0.3, 0.4) is 0 Å². The van der Waals surface area contributed by atoms with E-state index in [0.717, 1.165) is 19.3 Å². The zero-order valence-corrected chi connectivity index (χ0v) is 11.9. The van der Waals surface area contributed by atoms with E-state index in [0.29, 0.717) is 11.4 Å². The van der Waals surface area contributed by atoms with E-state index in [4.69, 9.17) is 18.0 Å². The number of rotatable bonds is 4. The van der Waals surface area contributed by atoms with E-state index in [9.17, 15) is 4.79 Å². The van der Waals surface area contributed by atoms with Gasteiger partial charge in [-0.2, -0.15) is 0 Å². The van der Waals surface area contributed by atoms with Gasteiger partial charge < -0.3 is 11.1 Å². The van der Waals surface area contributed by atoms with Crippen LogP contribution in [0.4, 0.5) is 0 Å². The first-order valence-electron chi connectivity index (χ1n) is 6.41. The van der Waals surface area contributed by atoms with Crippen molar-refractivity contribution >= 4 is 23.1 Å². The van der Waals surface area contributed by atoms with Crippen molar-refractivity contribution in [1.29, 1.82) is 0 Å². The number of hydrogen-bond acceptors (Lipinski definition) is 2. The molecule has 1 aliphatic carbocycles. The molecule has 2 unspecified atom stereocenters. The number of nitrogens with one attached hydrogen (secondary N) is 1. The molecule has 4 heteroatoms. The van der Waals surface area contributed by atoms with Crippen molar-refractivity contribution < 1.29 is 4.79 Å². The van der Waals surface area contributed by atoms with Crippen molar-refractivity contribution in [3.8, 4) is 0 Å². The van der Waals surface area contributed by atoms with E-state index >= 15 is 0 Å². The summed E-state index contributed by atoms with van der Waals surface area (Å²) < 4.78 is 0. The third kappa shape index (κ3) is 4.26. The van der Waals surface area contributed by atoms with Gasteiger partial charge in [0.05, 0.1) is 4.99 Å². The molecule has 1 amide bonds. The summed E-state index contributed by atoms with van der Waals surface area (Å²) in [4.78, 5) is 12.7. The molecule has 0 radical (unpaired) electrons. The van der Waals surface area contributed by atoms with Crippen LogP contribution in [0, 0.1) is 11.3 Å². The molecule has 0 heterocycles. The Morgan fingerprint density at radius 2 is 2.18 bits per heavy atom. The van der Waals surface area contributed by atoms with Crippen LogP contribution in [-0.2, 0) is 4.79 Å². The van der Waals surface area contributed by atoms with Crippen LogP contribution in [-0.4, -0.2) is 16.9 Å². The lowest BCUT2D eigenvalue weighted by atomic mass is 9.68. The predicted molar refractivity (Wildman–Crippen MR) is 74.7 cm³/mol. The molecule has 1 fully saturated rings. The summed E-state index contributed by atoms with van der Waals surface area (Å²) in [5, 5.41) is 3.03. The second kappa shape index (κ2) is 5.80. The molecule has 17 heavy (non-hydrogen) atoms. The van der Waals surface area contributed by atoms with Crippen LogP contribution >= 0.6 is 12.2 Å². The third-order valence-electron chi connectivity index (χ3n) is 3.72. The molecule has 0 aromatic heterocycles. The number of thiocarbonyl (C=S) groups is 1. The van der Waals surface area contributed by atoms with Crippen molar-refractivity contribution in [2.45, 2.75) is 58.9 Å². The Balaban J connectivity index is 2.54. The van der Waals surface area contributed by atoms with Crippen LogP contribution < -0.4 is 11.1 Å². The van der Waals surface area contributed by atoms with E-state index in [1.165, 1.54) is 6.42 Å². The summed E-state index contributed by atoms with van der Waals surface area (Å²) in [5.41, 5.74) is 5.60. The van der Waals surface area contributed by atoms with Crippen molar-refractivity contribution in [2.24, 2.45) is 17.1 Å². The van der Waals surface area contributed by atoms with E-state index in [1.807, 2.05) is 6.92 Å². The molecule has 0 aliphatic heterocycles. The normalized spacial score (nSPS) is 25.0. The Hall–Kier alpha value is -0.640. The van der Waals surface area contributed by atoms with Gasteiger partial charge in [0.2, 0.25) is 5.91 Å². The van der Waals surface area contributed by atoms with Gasteiger partial charge in [0.1, 0.15) is 0 Å². The highest BCUT2D eigenvalue weighted by atomic mass is 32.1. The predicted octanol–water partition coefficient (Wildman–Crippen LogP) is 2.38. The van der Waals surface area contributed by atoms with Gasteiger partial charge in [-0.3, -0.25) is 4.79 Å². The molecule has 0 spiro atoms. The molecule has 1 rings (SSSR count). The number of nitrogens with two attached hydrogens (primary N) is 1.